The summed E-state index contributed by atoms with van der Waals surface area (Å²) in [6.45, 7) is -9.75. The topological polar surface area (TPSA) is 17.8 Å². The fraction of sp³-hybridized carbons (Fsp3) is 0.132. The number of fused-ring (bicyclic) bond motifs is 6. The summed E-state index contributed by atoms with van der Waals surface area (Å²) >= 11 is 0. The van der Waals surface area contributed by atoms with Gasteiger partial charge in [0.25, 0.3) is 0 Å². The molecule has 0 amide bonds. The Hall–Kier alpha value is -4.69. The average molecular weight is 534 g/mol. The van der Waals surface area contributed by atoms with Crippen LogP contribution in [0.15, 0.2) is 115 Å². The molecule has 1 heterocycles. The van der Waals surface area contributed by atoms with Gasteiger partial charge in [-0.05, 0) is 62.4 Å². The van der Waals surface area contributed by atoms with Crippen LogP contribution in [0.4, 0.5) is 0 Å². The fourth-order valence-corrected chi connectivity index (χ4v) is 5.89. The third-order valence-corrected chi connectivity index (χ3v) is 7.58. The third-order valence-electron chi connectivity index (χ3n) is 7.58. The Labute approximate surface area is 261 Å². The van der Waals surface area contributed by atoms with Crippen LogP contribution in [0.25, 0.3) is 60.5 Å². The predicted octanol–water partition coefficient (Wildman–Crippen LogP) is 9.87. The van der Waals surface area contributed by atoms with Crippen LogP contribution in [-0.4, -0.2) is 9.55 Å². The van der Waals surface area contributed by atoms with E-state index < -0.39 is 103 Å². The minimum absolute atomic E-state index is 0.00379. The summed E-state index contributed by atoms with van der Waals surface area (Å²) in [6.07, 6.45) is -3.25. The smallest absolute Gasteiger partial charge is 0.114 e. The number of hydrogen-bond acceptors (Lipinski definition) is 1. The predicted molar refractivity (Wildman–Crippen MR) is 168 cm³/mol. The summed E-state index contributed by atoms with van der Waals surface area (Å²) in [6, 6.07) is 10.3. The Morgan fingerprint density at radius 3 is 2.20 bits per heavy atom. The Morgan fingerprint density at radius 1 is 0.775 bits per heavy atom. The molecule has 1 aromatic heterocycles. The van der Waals surface area contributed by atoms with Crippen molar-refractivity contribution in [3.8, 4) is 27.9 Å². The van der Waals surface area contributed by atoms with E-state index in [0.717, 1.165) is 4.57 Å². The van der Waals surface area contributed by atoms with Gasteiger partial charge in [-0.3, -0.25) is 4.57 Å². The maximum absolute atomic E-state index is 9.36. The van der Waals surface area contributed by atoms with Gasteiger partial charge in [0.05, 0.1) is 27.7 Å². The highest BCUT2D eigenvalue weighted by Crippen LogP contribution is 2.51. The molecule has 0 spiro atoms. The lowest BCUT2D eigenvalue weighted by Gasteiger charge is -2.23. The minimum atomic E-state index is -3.36. The summed E-state index contributed by atoms with van der Waals surface area (Å²) in [4.78, 5) is 4.36. The molecular formula is C38H30N2. The van der Waals surface area contributed by atoms with E-state index >= 15 is 0 Å². The van der Waals surface area contributed by atoms with Gasteiger partial charge in [0.15, 0.2) is 0 Å². The molecule has 0 fully saturated rings. The number of nitrogens with zero attached hydrogens (tertiary/aromatic N) is 2. The minimum Gasteiger partial charge on any atom is -0.295 e. The zero-order chi connectivity index (χ0) is 43.3. The van der Waals surface area contributed by atoms with Crippen LogP contribution in [-0.2, 0) is 11.8 Å². The number of rotatable bonds is 3. The van der Waals surface area contributed by atoms with E-state index in [-0.39, 0.29) is 49.6 Å². The van der Waals surface area contributed by atoms with Gasteiger partial charge in [-0.1, -0.05) is 117 Å². The first-order chi connectivity index (χ1) is 27.3. The van der Waals surface area contributed by atoms with Crippen molar-refractivity contribution < 1.29 is 26.0 Å². The van der Waals surface area contributed by atoms with Gasteiger partial charge < -0.3 is 0 Å². The molecule has 0 atom stereocenters. The lowest BCUT2D eigenvalue weighted by Crippen LogP contribution is -2.14. The quantitative estimate of drug-likeness (QED) is 0.207. The van der Waals surface area contributed by atoms with Crippen molar-refractivity contribution in [1.82, 2.24) is 9.55 Å². The highest BCUT2D eigenvalue weighted by atomic mass is 15.1. The number of benzene rings is 6. The highest BCUT2D eigenvalue weighted by Gasteiger charge is 2.35. The largest absolute Gasteiger partial charge is 0.295 e. The molecule has 1 aliphatic carbocycles. The van der Waals surface area contributed by atoms with Gasteiger partial charge in [-0.25, -0.2) is 4.98 Å². The second-order valence-corrected chi connectivity index (χ2v) is 9.66. The van der Waals surface area contributed by atoms with Gasteiger partial charge in [-0.15, -0.1) is 0 Å². The summed E-state index contributed by atoms with van der Waals surface area (Å²) < 4.78 is 168. The monoisotopic (exact) mass is 533 g/mol. The average Bonchev–Trinajstić information content (AvgIpc) is 3.70. The van der Waals surface area contributed by atoms with Crippen molar-refractivity contribution in [3.05, 3.63) is 132 Å². The standard InChI is InChI=1S/C38H30N2/c1-4-35-39-33-19-11-12-20-34(33)40(35)37-29-16-7-5-14-27(29)36(28-15-6-8-17-30(28)37)24-21-22-26-25-13-9-10-18-31(25)38(2,3)32(26)23-24/h5-23H,4H2,1-3H3/i1D3,2D3,3D3,4D2,5D,6D,7D,8D,14D,15D,16D,17D. The van der Waals surface area contributed by atoms with Gasteiger partial charge in [0.2, 0.25) is 0 Å². The van der Waals surface area contributed by atoms with Crippen molar-refractivity contribution in [2.45, 2.75) is 32.3 Å². The van der Waals surface area contributed by atoms with E-state index in [1.807, 2.05) is 0 Å². The first kappa shape index (κ1) is 11.1. The molecule has 8 rings (SSSR count). The summed E-state index contributed by atoms with van der Waals surface area (Å²) in [7, 11) is 0. The molecular weight excluding hydrogens is 484 g/mol. The van der Waals surface area contributed by atoms with Gasteiger partial charge in [-0.2, -0.15) is 0 Å². The van der Waals surface area contributed by atoms with E-state index in [1.165, 1.54) is 48.5 Å². The number of imidazole rings is 1. The molecule has 0 bridgehead atoms. The summed E-state index contributed by atoms with van der Waals surface area (Å²) in [5.41, 5.74) is -2.79. The number of aryl methyl sites for hydroxylation is 1. The van der Waals surface area contributed by atoms with Crippen LogP contribution in [0.3, 0.4) is 0 Å². The Kier molecular flexibility index (Phi) is 2.32. The number of para-hydroxylation sites is 2. The lowest BCUT2D eigenvalue weighted by molar-refractivity contribution is 0.660. The Bertz CT molecular complexity index is 2880. The van der Waals surface area contributed by atoms with Crippen LogP contribution >= 0.6 is 0 Å². The molecule has 192 valence electrons. The first-order valence-electron chi connectivity index (χ1n) is 22.0. The molecule has 0 unspecified atom stereocenters. The van der Waals surface area contributed by atoms with Crippen LogP contribution < -0.4 is 0 Å². The normalized spacial score (nSPS) is 21.9. The van der Waals surface area contributed by atoms with Crippen molar-refractivity contribution in [2.75, 3.05) is 0 Å². The van der Waals surface area contributed by atoms with Crippen LogP contribution in [0.2, 0.25) is 0 Å². The van der Waals surface area contributed by atoms with Gasteiger partial charge in [0.1, 0.15) is 5.82 Å². The van der Waals surface area contributed by atoms with Crippen LogP contribution in [0, 0.1) is 0 Å². The van der Waals surface area contributed by atoms with Gasteiger partial charge in [0, 0.05) is 37.6 Å². The van der Waals surface area contributed by atoms with Crippen molar-refractivity contribution in [1.29, 1.82) is 0 Å². The number of aromatic nitrogens is 2. The molecule has 7 aromatic rings. The maximum Gasteiger partial charge on any atom is 0.114 e. The van der Waals surface area contributed by atoms with E-state index in [2.05, 4.69) is 4.98 Å². The summed E-state index contributed by atoms with van der Waals surface area (Å²) in [5, 5.41) is -1.52. The Morgan fingerprint density at radius 2 is 1.45 bits per heavy atom. The second kappa shape index (κ2) is 8.40. The molecule has 0 saturated carbocycles. The van der Waals surface area contributed by atoms with Crippen LogP contribution in [0.5, 0.6) is 0 Å². The molecule has 0 aliphatic heterocycles. The zero-order valence-electron chi connectivity index (χ0n) is 39.7. The van der Waals surface area contributed by atoms with E-state index in [1.54, 1.807) is 18.2 Å². The molecule has 40 heavy (non-hydrogen) atoms. The molecule has 0 radical (unpaired) electrons. The zero-order valence-corrected chi connectivity index (χ0v) is 20.7. The number of hydrogen-bond donors (Lipinski definition) is 0. The maximum atomic E-state index is 9.36. The fourth-order valence-electron chi connectivity index (χ4n) is 5.89. The van der Waals surface area contributed by atoms with Crippen molar-refractivity contribution >= 4 is 32.6 Å². The molecule has 0 saturated heterocycles. The second-order valence-electron chi connectivity index (χ2n) is 9.66. The van der Waals surface area contributed by atoms with E-state index in [0.29, 0.717) is 5.56 Å². The van der Waals surface area contributed by atoms with Gasteiger partial charge >= 0.3 is 0 Å². The van der Waals surface area contributed by atoms with Crippen molar-refractivity contribution in [2.24, 2.45) is 0 Å². The highest BCUT2D eigenvalue weighted by molar-refractivity contribution is 6.18. The molecule has 0 N–H and O–H groups in total. The first-order valence-corrected chi connectivity index (χ1v) is 12.5. The van der Waals surface area contributed by atoms with Crippen molar-refractivity contribution in [3.63, 3.8) is 0 Å². The Balaban J connectivity index is 1.68. The molecule has 1 aliphatic rings. The SMILES string of the molecule is [2H]c1c([2H])c([2H])c2c(-n3c(C([2H])([2H])C([2H])([2H])[2H])nc4ccccc43)c3c([2H])c([2H])c([2H])c([2H])c3c(-c3ccc4c(c3)C(C([2H])([2H])[2H])(C([2H])([2H])[2H])c3ccccc3-4)c2c1[2H]. The lowest BCUT2D eigenvalue weighted by atomic mass is 9.81. The third kappa shape index (κ3) is 3.08. The van der Waals surface area contributed by atoms with E-state index in [4.69, 9.17) is 20.6 Å². The molecule has 2 heteroatoms. The molecule has 6 aromatic carbocycles. The summed E-state index contributed by atoms with van der Waals surface area (Å²) in [5.74, 6) is -0.746. The van der Waals surface area contributed by atoms with E-state index in [9.17, 15) is 5.48 Å². The van der Waals surface area contributed by atoms with Crippen LogP contribution in [0.1, 0.15) is 63.6 Å². The molecule has 2 nitrogen and oxygen atoms in total.